The van der Waals surface area contributed by atoms with Crippen LogP contribution in [0, 0.1) is 11.8 Å². The Hall–Kier alpha value is -3.23. The third-order valence-electron chi connectivity index (χ3n) is 7.74. The predicted octanol–water partition coefficient (Wildman–Crippen LogP) is 3.69. The van der Waals surface area contributed by atoms with Crippen LogP contribution in [0.3, 0.4) is 0 Å². The van der Waals surface area contributed by atoms with E-state index in [0.29, 0.717) is 33.3 Å². The molecule has 0 saturated carbocycles. The molecule has 6 rings (SSSR count). The highest BCUT2D eigenvalue weighted by Crippen LogP contribution is 2.55. The quantitative estimate of drug-likeness (QED) is 0.433. The van der Waals surface area contributed by atoms with Crippen LogP contribution in [0.4, 0.5) is 5.69 Å². The van der Waals surface area contributed by atoms with Gasteiger partial charge in [0.2, 0.25) is 17.7 Å². The number of fused-ring (bicyclic) bond motifs is 4. The lowest BCUT2D eigenvalue weighted by Crippen LogP contribution is -2.54. The van der Waals surface area contributed by atoms with Crippen molar-refractivity contribution in [3.05, 3.63) is 99.5 Å². The molecule has 3 heterocycles. The van der Waals surface area contributed by atoms with E-state index in [1.165, 1.54) is 4.90 Å². The van der Waals surface area contributed by atoms with Gasteiger partial charge < -0.3 is 10.4 Å². The number of anilines is 1. The Morgan fingerprint density at radius 3 is 2.38 bits per heavy atom. The lowest BCUT2D eigenvalue weighted by Gasteiger charge is -2.30. The molecular formula is C28H23Cl2N3O4. The minimum atomic E-state index is -1.54. The lowest BCUT2D eigenvalue weighted by molar-refractivity contribution is -0.143. The van der Waals surface area contributed by atoms with E-state index in [0.717, 1.165) is 5.56 Å². The molecule has 3 amide bonds. The fourth-order valence-corrected chi connectivity index (χ4v) is 6.37. The standard InChI is InChI=1S/C28H23Cl2N3O4/c29-17-11-9-16(10-12-17)24(34)23-20-21(26(36)33(25(20)35)14-13-15-5-2-1-3-6-15)28(32-23)18-7-4-8-19(30)22(18)31-27(28)37/h1-12,20-21,23-24,32,34H,13-14H2,(H,31,37)/t20-,21+,23+,24+,28+/m0/s1. The number of halogens is 2. The Morgan fingerprint density at radius 1 is 0.919 bits per heavy atom. The van der Waals surface area contributed by atoms with E-state index in [4.69, 9.17) is 23.2 Å². The van der Waals surface area contributed by atoms with E-state index in [9.17, 15) is 19.5 Å². The van der Waals surface area contributed by atoms with Crippen LogP contribution in [-0.2, 0) is 26.3 Å². The molecular weight excluding hydrogens is 513 g/mol. The van der Waals surface area contributed by atoms with Crippen LogP contribution < -0.4 is 10.6 Å². The summed E-state index contributed by atoms with van der Waals surface area (Å²) in [6.07, 6.45) is -0.692. The Labute approximate surface area is 223 Å². The maximum atomic E-state index is 13.9. The van der Waals surface area contributed by atoms with Gasteiger partial charge in [-0.3, -0.25) is 24.6 Å². The summed E-state index contributed by atoms with van der Waals surface area (Å²) >= 11 is 12.4. The summed E-state index contributed by atoms with van der Waals surface area (Å²) in [4.78, 5) is 42.6. The van der Waals surface area contributed by atoms with Crippen LogP contribution in [0.15, 0.2) is 72.8 Å². The number of carbonyl (C=O) groups excluding carboxylic acids is 3. The van der Waals surface area contributed by atoms with Crippen molar-refractivity contribution in [1.29, 1.82) is 0 Å². The molecule has 1 spiro atoms. The number of rotatable bonds is 5. The molecule has 37 heavy (non-hydrogen) atoms. The maximum Gasteiger partial charge on any atom is 0.250 e. The highest BCUT2D eigenvalue weighted by atomic mass is 35.5. The molecule has 2 fully saturated rings. The molecule has 0 aliphatic carbocycles. The van der Waals surface area contributed by atoms with Gasteiger partial charge in [0.15, 0.2) is 0 Å². The SMILES string of the molecule is O=C1[C@@H]2[C@H]([C@H](O)c3ccc(Cl)cc3)N[C@@]3(C(=O)Nc4c(Cl)cccc43)[C@H]2C(=O)N1CCc1ccccc1. The number of nitrogens with one attached hydrogen (secondary N) is 2. The topological polar surface area (TPSA) is 98.7 Å². The maximum absolute atomic E-state index is 13.9. The second-order valence-electron chi connectivity index (χ2n) is 9.66. The average Bonchev–Trinajstić information content (AvgIpc) is 3.49. The van der Waals surface area contributed by atoms with Crippen molar-refractivity contribution in [2.45, 2.75) is 24.1 Å². The molecule has 0 radical (unpaired) electrons. The van der Waals surface area contributed by atoms with Gasteiger partial charge in [0.1, 0.15) is 5.54 Å². The molecule has 5 atom stereocenters. The summed E-state index contributed by atoms with van der Waals surface area (Å²) in [6.45, 7) is 0.179. The number of amides is 3. The van der Waals surface area contributed by atoms with E-state index >= 15 is 0 Å². The number of carbonyl (C=O) groups is 3. The molecule has 2 saturated heterocycles. The molecule has 0 aromatic heterocycles. The highest BCUT2D eigenvalue weighted by molar-refractivity contribution is 6.35. The first-order valence-electron chi connectivity index (χ1n) is 12.0. The van der Waals surface area contributed by atoms with E-state index in [1.54, 1.807) is 42.5 Å². The van der Waals surface area contributed by atoms with E-state index in [-0.39, 0.29) is 6.54 Å². The van der Waals surface area contributed by atoms with Crippen LogP contribution in [0.25, 0.3) is 0 Å². The van der Waals surface area contributed by atoms with Crippen molar-refractivity contribution in [1.82, 2.24) is 10.2 Å². The van der Waals surface area contributed by atoms with Crippen molar-refractivity contribution < 1.29 is 19.5 Å². The number of nitrogens with zero attached hydrogens (tertiary/aromatic N) is 1. The van der Waals surface area contributed by atoms with Crippen molar-refractivity contribution in [3.8, 4) is 0 Å². The molecule has 3 aliphatic rings. The van der Waals surface area contributed by atoms with Crippen molar-refractivity contribution in [3.63, 3.8) is 0 Å². The molecule has 0 bridgehead atoms. The number of hydrogen-bond donors (Lipinski definition) is 3. The first-order valence-corrected chi connectivity index (χ1v) is 12.8. The molecule has 7 nitrogen and oxygen atoms in total. The van der Waals surface area contributed by atoms with Crippen LogP contribution in [0.1, 0.15) is 22.8 Å². The minimum Gasteiger partial charge on any atom is -0.387 e. The number of benzene rings is 3. The molecule has 3 aromatic rings. The highest BCUT2D eigenvalue weighted by Gasteiger charge is 2.71. The molecule has 188 valence electrons. The van der Waals surface area contributed by atoms with Gasteiger partial charge in [-0.2, -0.15) is 0 Å². The minimum absolute atomic E-state index is 0.179. The van der Waals surface area contributed by atoms with Gasteiger partial charge in [0.25, 0.3) is 0 Å². The Kier molecular flexibility index (Phi) is 5.84. The van der Waals surface area contributed by atoms with E-state index in [2.05, 4.69) is 10.6 Å². The first-order chi connectivity index (χ1) is 17.8. The number of imide groups is 1. The van der Waals surface area contributed by atoms with E-state index < -0.39 is 47.2 Å². The number of likely N-dealkylation sites (tertiary alicyclic amines) is 1. The third kappa shape index (κ3) is 3.61. The van der Waals surface area contributed by atoms with Gasteiger partial charge in [-0.15, -0.1) is 0 Å². The summed E-state index contributed by atoms with van der Waals surface area (Å²) in [6, 6.07) is 20.4. The van der Waals surface area contributed by atoms with E-state index in [1.807, 2.05) is 30.3 Å². The first kappa shape index (κ1) is 24.1. The zero-order chi connectivity index (χ0) is 25.9. The fraction of sp³-hybridized carbons (Fsp3) is 0.250. The number of hydrogen-bond acceptors (Lipinski definition) is 5. The van der Waals surface area contributed by atoms with Crippen molar-refractivity contribution >= 4 is 46.6 Å². The van der Waals surface area contributed by atoms with Gasteiger partial charge in [0.05, 0.1) is 34.7 Å². The van der Waals surface area contributed by atoms with Crippen molar-refractivity contribution in [2.24, 2.45) is 11.8 Å². The molecule has 9 heteroatoms. The van der Waals surface area contributed by atoms with Crippen molar-refractivity contribution in [2.75, 3.05) is 11.9 Å². The number of para-hydroxylation sites is 1. The van der Waals surface area contributed by atoms with Crippen LogP contribution in [-0.4, -0.2) is 40.3 Å². The predicted molar refractivity (Wildman–Crippen MR) is 139 cm³/mol. The van der Waals surface area contributed by atoms with Crippen LogP contribution in [0.5, 0.6) is 0 Å². The Morgan fingerprint density at radius 2 is 1.65 bits per heavy atom. The molecule has 3 aliphatic heterocycles. The molecule has 3 aromatic carbocycles. The zero-order valence-corrected chi connectivity index (χ0v) is 21.0. The monoisotopic (exact) mass is 535 g/mol. The van der Waals surface area contributed by atoms with Gasteiger partial charge in [0, 0.05) is 17.1 Å². The second-order valence-corrected chi connectivity index (χ2v) is 10.5. The smallest absolute Gasteiger partial charge is 0.250 e. The van der Waals surface area contributed by atoms with Crippen LogP contribution in [0.2, 0.25) is 10.0 Å². The third-order valence-corrected chi connectivity index (χ3v) is 8.31. The number of aliphatic hydroxyl groups excluding tert-OH is 1. The van der Waals surface area contributed by atoms with Gasteiger partial charge in [-0.1, -0.05) is 77.8 Å². The fourth-order valence-electron chi connectivity index (χ4n) is 6.03. The molecule has 0 unspecified atom stereocenters. The van der Waals surface area contributed by atoms with Gasteiger partial charge in [-0.25, -0.2) is 0 Å². The lowest BCUT2D eigenvalue weighted by atomic mass is 9.76. The zero-order valence-electron chi connectivity index (χ0n) is 19.5. The normalized spacial score (nSPS) is 26.9. The van der Waals surface area contributed by atoms with Crippen LogP contribution >= 0.6 is 23.2 Å². The summed E-state index contributed by atoms with van der Waals surface area (Å²) in [5, 5.41) is 18.3. The largest absolute Gasteiger partial charge is 0.387 e. The summed E-state index contributed by atoms with van der Waals surface area (Å²) < 4.78 is 0. The summed E-state index contributed by atoms with van der Waals surface area (Å²) in [5.41, 5.74) is 0.866. The average molecular weight is 536 g/mol. The number of aliphatic hydroxyl groups is 1. The Balaban J connectivity index is 1.43. The summed E-state index contributed by atoms with van der Waals surface area (Å²) in [5.74, 6) is -3.31. The Bertz CT molecular complexity index is 1410. The molecule has 3 N–H and O–H groups in total. The second kappa shape index (κ2) is 8.96. The van der Waals surface area contributed by atoms with Gasteiger partial charge in [-0.05, 0) is 35.7 Å². The summed E-state index contributed by atoms with van der Waals surface area (Å²) in [7, 11) is 0. The van der Waals surface area contributed by atoms with Gasteiger partial charge >= 0.3 is 0 Å².